The fourth-order valence-electron chi connectivity index (χ4n) is 2.61. The molecule has 0 saturated carbocycles. The van der Waals surface area contributed by atoms with E-state index in [0.29, 0.717) is 11.5 Å². The van der Waals surface area contributed by atoms with E-state index >= 15 is 0 Å². The Morgan fingerprint density at radius 1 is 1.25 bits per heavy atom. The first-order chi connectivity index (χ1) is 7.41. The topological polar surface area (TPSA) is 15.3 Å². The van der Waals surface area contributed by atoms with Crippen molar-refractivity contribution >= 4 is 0 Å². The van der Waals surface area contributed by atoms with Crippen LogP contribution in [0.1, 0.15) is 53.9 Å². The number of hydrogen-bond donors (Lipinski definition) is 1. The van der Waals surface area contributed by atoms with Crippen molar-refractivity contribution in [3.05, 3.63) is 0 Å². The molecule has 1 atom stereocenters. The lowest BCUT2D eigenvalue weighted by Gasteiger charge is -2.41. The van der Waals surface area contributed by atoms with Gasteiger partial charge < -0.3 is 10.2 Å². The standard InChI is InChI=1S/C14H30N2/c1-12(2)15-9-7-13(3)16-10-6-8-14(4,5)11-16/h12-13,15H,6-11H2,1-5H3. The molecule has 0 aromatic heterocycles. The second kappa shape index (κ2) is 6.02. The molecule has 96 valence electrons. The summed E-state index contributed by atoms with van der Waals surface area (Å²) in [6, 6.07) is 1.34. The molecule has 0 aliphatic carbocycles. The predicted molar refractivity (Wildman–Crippen MR) is 71.8 cm³/mol. The SMILES string of the molecule is CC(C)NCCC(C)N1CCCC(C)(C)C1. The van der Waals surface area contributed by atoms with Crippen LogP contribution < -0.4 is 5.32 Å². The molecule has 1 aliphatic heterocycles. The van der Waals surface area contributed by atoms with Crippen LogP contribution in [0.2, 0.25) is 0 Å². The van der Waals surface area contributed by atoms with Gasteiger partial charge in [0.1, 0.15) is 0 Å². The fraction of sp³-hybridized carbons (Fsp3) is 1.00. The van der Waals surface area contributed by atoms with Gasteiger partial charge in [-0.25, -0.2) is 0 Å². The van der Waals surface area contributed by atoms with Crippen molar-refractivity contribution in [3.63, 3.8) is 0 Å². The van der Waals surface area contributed by atoms with E-state index in [0.717, 1.165) is 12.6 Å². The van der Waals surface area contributed by atoms with Crippen LogP contribution in [0.5, 0.6) is 0 Å². The maximum absolute atomic E-state index is 3.51. The third kappa shape index (κ3) is 4.84. The Morgan fingerprint density at radius 3 is 2.50 bits per heavy atom. The summed E-state index contributed by atoms with van der Waals surface area (Å²) in [5.74, 6) is 0. The molecular formula is C14H30N2. The number of nitrogens with zero attached hydrogens (tertiary/aromatic N) is 1. The Bertz CT molecular complexity index is 199. The highest BCUT2D eigenvalue weighted by Crippen LogP contribution is 2.29. The molecule has 2 nitrogen and oxygen atoms in total. The lowest BCUT2D eigenvalue weighted by molar-refractivity contribution is 0.0810. The molecule has 1 aliphatic rings. The molecular weight excluding hydrogens is 196 g/mol. The van der Waals surface area contributed by atoms with Gasteiger partial charge in [-0.1, -0.05) is 27.7 Å². The minimum Gasteiger partial charge on any atom is -0.314 e. The lowest BCUT2D eigenvalue weighted by atomic mass is 9.83. The predicted octanol–water partition coefficient (Wildman–Crippen LogP) is 2.89. The molecule has 1 N–H and O–H groups in total. The zero-order valence-electron chi connectivity index (χ0n) is 11.8. The summed E-state index contributed by atoms with van der Waals surface area (Å²) in [6.07, 6.45) is 4.03. The third-order valence-electron chi connectivity index (χ3n) is 3.67. The van der Waals surface area contributed by atoms with Crippen LogP contribution in [0.15, 0.2) is 0 Å². The number of hydrogen-bond acceptors (Lipinski definition) is 2. The maximum atomic E-state index is 3.51. The van der Waals surface area contributed by atoms with Crippen molar-refractivity contribution < 1.29 is 0 Å². The van der Waals surface area contributed by atoms with Crippen LogP contribution >= 0.6 is 0 Å². The average molecular weight is 226 g/mol. The van der Waals surface area contributed by atoms with Gasteiger partial charge in [-0.15, -0.1) is 0 Å². The first-order valence-electron chi connectivity index (χ1n) is 6.88. The van der Waals surface area contributed by atoms with Crippen molar-refractivity contribution in [3.8, 4) is 0 Å². The first-order valence-corrected chi connectivity index (χ1v) is 6.88. The maximum Gasteiger partial charge on any atom is 0.00792 e. The van der Waals surface area contributed by atoms with Gasteiger partial charge in [0.15, 0.2) is 0 Å². The molecule has 2 heteroatoms. The van der Waals surface area contributed by atoms with E-state index in [1.165, 1.54) is 32.4 Å². The van der Waals surface area contributed by atoms with Crippen molar-refractivity contribution in [2.45, 2.75) is 66.0 Å². The normalized spacial score (nSPS) is 23.6. The highest BCUT2D eigenvalue weighted by Gasteiger charge is 2.28. The summed E-state index contributed by atoms with van der Waals surface area (Å²) in [5, 5.41) is 3.51. The van der Waals surface area contributed by atoms with E-state index in [9.17, 15) is 0 Å². The van der Waals surface area contributed by atoms with Crippen LogP contribution in [-0.4, -0.2) is 36.6 Å². The Balaban J connectivity index is 2.27. The van der Waals surface area contributed by atoms with E-state index in [4.69, 9.17) is 0 Å². The molecule has 1 fully saturated rings. The molecule has 0 bridgehead atoms. The molecule has 1 saturated heterocycles. The van der Waals surface area contributed by atoms with Gasteiger partial charge in [0.2, 0.25) is 0 Å². The van der Waals surface area contributed by atoms with Gasteiger partial charge in [0, 0.05) is 18.6 Å². The van der Waals surface area contributed by atoms with Gasteiger partial charge in [-0.05, 0) is 44.7 Å². The number of piperidine rings is 1. The van der Waals surface area contributed by atoms with Crippen molar-refractivity contribution in [1.82, 2.24) is 10.2 Å². The molecule has 0 aromatic rings. The van der Waals surface area contributed by atoms with E-state index in [-0.39, 0.29) is 0 Å². The molecule has 1 rings (SSSR count). The quantitative estimate of drug-likeness (QED) is 0.775. The Morgan fingerprint density at radius 2 is 1.94 bits per heavy atom. The summed E-state index contributed by atoms with van der Waals surface area (Å²) >= 11 is 0. The molecule has 0 aromatic carbocycles. The van der Waals surface area contributed by atoms with Gasteiger partial charge in [0.05, 0.1) is 0 Å². The van der Waals surface area contributed by atoms with Gasteiger partial charge >= 0.3 is 0 Å². The van der Waals surface area contributed by atoms with Crippen LogP contribution in [-0.2, 0) is 0 Å². The number of nitrogens with one attached hydrogen (secondary N) is 1. The zero-order valence-corrected chi connectivity index (χ0v) is 11.8. The minimum absolute atomic E-state index is 0.526. The van der Waals surface area contributed by atoms with Crippen molar-refractivity contribution in [1.29, 1.82) is 0 Å². The minimum atomic E-state index is 0.526. The Hall–Kier alpha value is -0.0800. The van der Waals surface area contributed by atoms with Crippen LogP contribution in [0.4, 0.5) is 0 Å². The van der Waals surface area contributed by atoms with Crippen LogP contribution in [0, 0.1) is 5.41 Å². The zero-order chi connectivity index (χ0) is 12.2. The van der Waals surface area contributed by atoms with Crippen LogP contribution in [0.25, 0.3) is 0 Å². The molecule has 0 amide bonds. The van der Waals surface area contributed by atoms with E-state index < -0.39 is 0 Å². The molecule has 1 unspecified atom stereocenters. The summed E-state index contributed by atoms with van der Waals surface area (Å²) in [7, 11) is 0. The van der Waals surface area contributed by atoms with Gasteiger partial charge in [-0.2, -0.15) is 0 Å². The van der Waals surface area contributed by atoms with Crippen molar-refractivity contribution in [2.75, 3.05) is 19.6 Å². The Kier molecular flexibility index (Phi) is 5.26. The monoisotopic (exact) mass is 226 g/mol. The smallest absolute Gasteiger partial charge is 0.00792 e. The van der Waals surface area contributed by atoms with E-state index in [1.807, 2.05) is 0 Å². The largest absolute Gasteiger partial charge is 0.314 e. The third-order valence-corrected chi connectivity index (χ3v) is 3.67. The average Bonchev–Trinajstić information content (AvgIpc) is 2.15. The summed E-state index contributed by atoms with van der Waals surface area (Å²) in [6.45, 7) is 15.3. The van der Waals surface area contributed by atoms with E-state index in [2.05, 4.69) is 44.8 Å². The number of likely N-dealkylation sites (tertiary alicyclic amines) is 1. The van der Waals surface area contributed by atoms with Gasteiger partial charge in [0.25, 0.3) is 0 Å². The molecule has 1 heterocycles. The lowest BCUT2D eigenvalue weighted by Crippen LogP contribution is -2.45. The van der Waals surface area contributed by atoms with Gasteiger partial charge in [-0.3, -0.25) is 0 Å². The second-order valence-electron chi connectivity index (χ2n) is 6.48. The Labute approximate surface area is 102 Å². The van der Waals surface area contributed by atoms with Crippen LogP contribution in [0.3, 0.4) is 0 Å². The summed E-state index contributed by atoms with van der Waals surface area (Å²) in [4.78, 5) is 2.67. The summed E-state index contributed by atoms with van der Waals surface area (Å²) < 4.78 is 0. The fourth-order valence-corrected chi connectivity index (χ4v) is 2.61. The van der Waals surface area contributed by atoms with E-state index in [1.54, 1.807) is 0 Å². The molecule has 0 spiro atoms. The summed E-state index contributed by atoms with van der Waals surface area (Å²) in [5.41, 5.74) is 0.526. The highest BCUT2D eigenvalue weighted by molar-refractivity contribution is 4.82. The second-order valence-corrected chi connectivity index (χ2v) is 6.48. The molecule has 16 heavy (non-hydrogen) atoms. The number of rotatable bonds is 5. The van der Waals surface area contributed by atoms with Crippen molar-refractivity contribution in [2.24, 2.45) is 5.41 Å². The first kappa shape index (κ1) is 14.0. The molecule has 0 radical (unpaired) electrons. The highest BCUT2D eigenvalue weighted by atomic mass is 15.2.